The van der Waals surface area contributed by atoms with E-state index < -0.39 is 26.5 Å². The van der Waals surface area contributed by atoms with Crippen molar-refractivity contribution in [3.63, 3.8) is 0 Å². The van der Waals surface area contributed by atoms with Crippen LogP contribution in [0.5, 0.6) is 0 Å². The molecule has 0 saturated carbocycles. The first-order valence-corrected chi connectivity index (χ1v) is 8.93. The number of carbonyl (C=O) groups is 1. The fraction of sp³-hybridized carbons (Fsp3) is 0.429. The van der Waals surface area contributed by atoms with Crippen LogP contribution in [0, 0.1) is 11.3 Å². The molecule has 0 atom stereocenters. The highest BCUT2D eigenvalue weighted by Gasteiger charge is 2.24. The third-order valence-electron chi connectivity index (χ3n) is 2.48. The Morgan fingerprint density at radius 3 is 2.27 bits per heavy atom. The molecule has 0 aliphatic heterocycles. The van der Waals surface area contributed by atoms with Gasteiger partial charge in [-0.15, -0.1) is 0 Å². The number of rotatable bonds is 4. The van der Waals surface area contributed by atoms with E-state index in [-0.39, 0.29) is 6.54 Å². The number of halogens is 1. The van der Waals surface area contributed by atoms with Gasteiger partial charge in [-0.25, -0.2) is 13.2 Å². The number of hydrogen-bond donors (Lipinski definition) is 0. The van der Waals surface area contributed by atoms with E-state index in [0.29, 0.717) is 11.3 Å². The summed E-state index contributed by atoms with van der Waals surface area (Å²) < 4.78 is 27.5. The number of carbonyl (C=O) groups excluding carboxylic acids is 1. The molecule has 0 aliphatic rings. The van der Waals surface area contributed by atoms with Crippen LogP contribution >= 0.6 is 10.7 Å². The molecule has 1 amide bonds. The number of hydrogen-bond acceptors (Lipinski definition) is 5. The highest BCUT2D eigenvalue weighted by atomic mass is 35.7. The summed E-state index contributed by atoms with van der Waals surface area (Å²) in [6, 6.07) is 8.11. The Labute approximate surface area is 134 Å². The Morgan fingerprint density at radius 1 is 1.32 bits per heavy atom. The van der Waals surface area contributed by atoms with Gasteiger partial charge in [-0.05, 0) is 45.0 Å². The maximum absolute atomic E-state index is 12.2. The lowest BCUT2D eigenvalue weighted by molar-refractivity contribution is 0.0582. The normalized spacial score (nSPS) is 11.6. The minimum atomic E-state index is -3.75. The minimum absolute atomic E-state index is 0.146. The zero-order valence-electron chi connectivity index (χ0n) is 12.5. The third-order valence-corrected chi connectivity index (χ3v) is 3.61. The average Bonchev–Trinajstić information content (AvgIpc) is 2.36. The van der Waals surface area contributed by atoms with E-state index in [1.165, 1.54) is 17.0 Å². The fourth-order valence-electron chi connectivity index (χ4n) is 1.56. The quantitative estimate of drug-likeness (QED) is 0.784. The van der Waals surface area contributed by atoms with Crippen LogP contribution in [-0.4, -0.2) is 32.4 Å². The minimum Gasteiger partial charge on any atom is -0.443 e. The summed E-state index contributed by atoms with van der Waals surface area (Å²) in [5.41, 5.74) is 0.133. The fourth-order valence-corrected chi connectivity index (χ4v) is 2.17. The number of ether oxygens (including phenoxy) is 1. The monoisotopic (exact) mass is 344 g/mol. The van der Waals surface area contributed by atoms with Crippen molar-refractivity contribution in [2.24, 2.45) is 0 Å². The summed E-state index contributed by atoms with van der Waals surface area (Å²) >= 11 is 0. The molecule has 1 aromatic rings. The molecule has 0 bridgehead atoms. The molecule has 0 N–H and O–H groups in total. The first-order chi connectivity index (χ1) is 10.0. The second-order valence-corrected chi connectivity index (χ2v) is 8.43. The number of nitrogens with zero attached hydrogens (tertiary/aromatic N) is 2. The van der Waals surface area contributed by atoms with Crippen LogP contribution in [0.2, 0.25) is 0 Å². The van der Waals surface area contributed by atoms with Gasteiger partial charge in [0.15, 0.2) is 0 Å². The zero-order chi connectivity index (χ0) is 17.0. The van der Waals surface area contributed by atoms with Gasteiger partial charge >= 0.3 is 6.09 Å². The lowest BCUT2D eigenvalue weighted by Gasteiger charge is -2.27. The van der Waals surface area contributed by atoms with Crippen molar-refractivity contribution in [3.8, 4) is 6.07 Å². The van der Waals surface area contributed by atoms with Crippen LogP contribution < -0.4 is 4.90 Å². The van der Waals surface area contributed by atoms with Crippen molar-refractivity contribution >= 4 is 31.5 Å². The molecule has 0 fully saturated rings. The maximum Gasteiger partial charge on any atom is 0.414 e. The Hall–Kier alpha value is -1.78. The lowest BCUT2D eigenvalue weighted by Crippen LogP contribution is -2.39. The van der Waals surface area contributed by atoms with Gasteiger partial charge in [0.1, 0.15) is 5.60 Å². The van der Waals surface area contributed by atoms with Crippen molar-refractivity contribution in [1.82, 2.24) is 0 Å². The molecular formula is C14H17ClN2O4S. The summed E-state index contributed by atoms with van der Waals surface area (Å²) in [5, 5.41) is 8.79. The summed E-state index contributed by atoms with van der Waals surface area (Å²) in [6.07, 6.45) is -0.683. The largest absolute Gasteiger partial charge is 0.443 e. The molecule has 0 saturated heterocycles. The van der Waals surface area contributed by atoms with Crippen LogP contribution in [0.3, 0.4) is 0 Å². The molecule has 0 heterocycles. The summed E-state index contributed by atoms with van der Waals surface area (Å²) in [7, 11) is 1.45. The molecule has 0 radical (unpaired) electrons. The van der Waals surface area contributed by atoms with Gasteiger partial charge in [0.25, 0.3) is 0 Å². The van der Waals surface area contributed by atoms with E-state index in [1.807, 2.05) is 6.07 Å². The third kappa shape index (κ3) is 6.33. The van der Waals surface area contributed by atoms with E-state index in [2.05, 4.69) is 0 Å². The van der Waals surface area contributed by atoms with Gasteiger partial charge in [-0.3, -0.25) is 4.90 Å². The van der Waals surface area contributed by atoms with Crippen LogP contribution in [0.15, 0.2) is 24.3 Å². The van der Waals surface area contributed by atoms with Crippen molar-refractivity contribution in [3.05, 3.63) is 29.8 Å². The van der Waals surface area contributed by atoms with Crippen molar-refractivity contribution in [2.75, 3.05) is 17.2 Å². The van der Waals surface area contributed by atoms with E-state index >= 15 is 0 Å². The Morgan fingerprint density at radius 2 is 1.86 bits per heavy atom. The molecule has 1 aromatic carbocycles. The summed E-state index contributed by atoms with van der Waals surface area (Å²) in [4.78, 5) is 13.4. The molecule has 0 spiro atoms. The first-order valence-electron chi connectivity index (χ1n) is 6.45. The summed E-state index contributed by atoms with van der Waals surface area (Å²) in [5.74, 6) is -0.409. The van der Waals surface area contributed by atoms with Crippen LogP contribution in [0.1, 0.15) is 26.3 Å². The predicted octanol–water partition coefficient (Wildman–Crippen LogP) is 2.87. The molecular weight excluding hydrogens is 328 g/mol. The van der Waals surface area contributed by atoms with Gasteiger partial charge in [0.05, 0.1) is 17.4 Å². The number of anilines is 1. The van der Waals surface area contributed by atoms with E-state index in [0.717, 1.165) is 0 Å². The molecule has 120 valence electrons. The van der Waals surface area contributed by atoms with Crippen molar-refractivity contribution < 1.29 is 17.9 Å². The lowest BCUT2D eigenvalue weighted by atomic mass is 10.2. The van der Waals surface area contributed by atoms with Gasteiger partial charge in [-0.2, -0.15) is 5.26 Å². The standard InChI is InChI=1S/C14H17ClN2O4S/c1-14(2,3)21-13(18)17(8-9-22(15,19)20)12-6-4-11(10-16)5-7-12/h4-7H,8-9H2,1-3H3. The predicted molar refractivity (Wildman–Crippen MR) is 84.4 cm³/mol. The van der Waals surface area contributed by atoms with Crippen LogP contribution in [-0.2, 0) is 13.8 Å². The molecule has 0 aliphatic carbocycles. The van der Waals surface area contributed by atoms with E-state index in [1.54, 1.807) is 32.9 Å². The van der Waals surface area contributed by atoms with Gasteiger partial charge in [0, 0.05) is 22.9 Å². The highest BCUT2D eigenvalue weighted by molar-refractivity contribution is 8.13. The van der Waals surface area contributed by atoms with Gasteiger partial charge in [-0.1, -0.05) is 0 Å². The maximum atomic E-state index is 12.2. The van der Waals surface area contributed by atoms with Crippen molar-refractivity contribution in [2.45, 2.75) is 26.4 Å². The van der Waals surface area contributed by atoms with E-state index in [4.69, 9.17) is 20.7 Å². The average molecular weight is 345 g/mol. The topological polar surface area (TPSA) is 87.5 Å². The van der Waals surface area contributed by atoms with Gasteiger partial charge < -0.3 is 4.74 Å². The second-order valence-electron chi connectivity index (χ2n) is 5.53. The molecule has 1 rings (SSSR count). The molecule has 0 unspecified atom stereocenters. The number of amides is 1. The SMILES string of the molecule is CC(C)(C)OC(=O)N(CCS(=O)(=O)Cl)c1ccc(C#N)cc1. The smallest absolute Gasteiger partial charge is 0.414 e. The molecule has 8 heteroatoms. The Kier molecular flexibility index (Phi) is 5.80. The van der Waals surface area contributed by atoms with Crippen LogP contribution in [0.4, 0.5) is 10.5 Å². The van der Waals surface area contributed by atoms with Crippen LogP contribution in [0.25, 0.3) is 0 Å². The highest BCUT2D eigenvalue weighted by Crippen LogP contribution is 2.19. The molecule has 0 aromatic heterocycles. The van der Waals surface area contributed by atoms with E-state index in [9.17, 15) is 13.2 Å². The zero-order valence-corrected chi connectivity index (χ0v) is 14.1. The Bertz CT molecular complexity index is 672. The number of benzene rings is 1. The molecule has 22 heavy (non-hydrogen) atoms. The van der Waals surface area contributed by atoms with Gasteiger partial charge in [0.2, 0.25) is 9.05 Å². The molecule has 6 nitrogen and oxygen atoms in total. The number of nitriles is 1. The second kappa shape index (κ2) is 6.99. The first kappa shape index (κ1) is 18.3. The van der Waals surface area contributed by atoms with Crippen molar-refractivity contribution in [1.29, 1.82) is 5.26 Å². The summed E-state index contributed by atoms with van der Waals surface area (Å²) in [6.45, 7) is 4.98. The Balaban J connectivity index is 3.04.